The molecule has 0 aliphatic carbocycles. The Morgan fingerprint density at radius 2 is 2.31 bits per heavy atom. The van der Waals surface area contributed by atoms with Crippen LogP contribution < -0.4 is 5.32 Å². The van der Waals surface area contributed by atoms with Gasteiger partial charge in [0.2, 0.25) is 0 Å². The van der Waals surface area contributed by atoms with Gasteiger partial charge in [-0.1, -0.05) is 0 Å². The molecule has 68 valence electrons. The highest BCUT2D eigenvalue weighted by Gasteiger charge is 2.00. The molecule has 0 aromatic carbocycles. The Bertz CT molecular complexity index is 418. The predicted molar refractivity (Wildman–Crippen MR) is 52.7 cm³/mol. The van der Waals surface area contributed by atoms with E-state index < -0.39 is 0 Å². The number of rotatable bonds is 2. The van der Waals surface area contributed by atoms with Crippen LogP contribution in [0.15, 0.2) is 18.5 Å². The summed E-state index contributed by atoms with van der Waals surface area (Å²) >= 11 is 0. The van der Waals surface area contributed by atoms with Gasteiger partial charge >= 0.3 is 0 Å². The first kappa shape index (κ1) is 8.04. The van der Waals surface area contributed by atoms with E-state index in [-0.39, 0.29) is 0 Å². The van der Waals surface area contributed by atoms with Crippen LogP contribution in [0.2, 0.25) is 0 Å². The Balaban J connectivity index is 2.50. The summed E-state index contributed by atoms with van der Waals surface area (Å²) in [5, 5.41) is 8.40. The zero-order chi connectivity index (χ0) is 9.26. The van der Waals surface area contributed by atoms with Crippen molar-refractivity contribution in [1.82, 2.24) is 14.8 Å². The molecule has 0 amide bonds. The SMILES string of the molecule is CCNc1cnc2c(cnn2C)c1. The zero-order valence-corrected chi connectivity index (χ0v) is 7.78. The lowest BCUT2D eigenvalue weighted by atomic mass is 10.3. The van der Waals surface area contributed by atoms with Crippen LogP contribution in [0, 0.1) is 0 Å². The summed E-state index contributed by atoms with van der Waals surface area (Å²) in [4.78, 5) is 4.30. The van der Waals surface area contributed by atoms with E-state index in [1.165, 1.54) is 0 Å². The zero-order valence-electron chi connectivity index (χ0n) is 7.78. The van der Waals surface area contributed by atoms with Crippen molar-refractivity contribution in [2.24, 2.45) is 7.05 Å². The Labute approximate surface area is 76.6 Å². The molecule has 0 unspecified atom stereocenters. The summed E-state index contributed by atoms with van der Waals surface area (Å²) < 4.78 is 1.77. The van der Waals surface area contributed by atoms with E-state index in [4.69, 9.17) is 0 Å². The van der Waals surface area contributed by atoms with Crippen LogP contribution in [0.3, 0.4) is 0 Å². The Hall–Kier alpha value is -1.58. The lowest BCUT2D eigenvalue weighted by Gasteiger charge is -2.01. The monoisotopic (exact) mass is 176 g/mol. The number of nitrogens with zero attached hydrogens (tertiary/aromatic N) is 3. The van der Waals surface area contributed by atoms with Crippen molar-refractivity contribution in [1.29, 1.82) is 0 Å². The second-order valence-electron chi connectivity index (χ2n) is 2.94. The van der Waals surface area contributed by atoms with Crippen LogP contribution in [0.1, 0.15) is 6.92 Å². The van der Waals surface area contributed by atoms with Crippen molar-refractivity contribution in [3.63, 3.8) is 0 Å². The minimum absolute atomic E-state index is 0.910. The fraction of sp³-hybridized carbons (Fsp3) is 0.333. The van der Waals surface area contributed by atoms with Crippen molar-refractivity contribution in [3.8, 4) is 0 Å². The number of nitrogens with one attached hydrogen (secondary N) is 1. The molecule has 4 heteroatoms. The molecule has 13 heavy (non-hydrogen) atoms. The van der Waals surface area contributed by atoms with E-state index in [1.54, 1.807) is 4.68 Å². The second kappa shape index (κ2) is 3.05. The fourth-order valence-corrected chi connectivity index (χ4v) is 1.34. The van der Waals surface area contributed by atoms with Crippen molar-refractivity contribution in [2.45, 2.75) is 6.92 Å². The molecule has 0 aliphatic rings. The maximum atomic E-state index is 4.30. The number of aromatic nitrogens is 3. The lowest BCUT2D eigenvalue weighted by molar-refractivity contribution is 0.786. The minimum Gasteiger partial charge on any atom is -0.384 e. The summed E-state index contributed by atoms with van der Waals surface area (Å²) in [7, 11) is 1.89. The minimum atomic E-state index is 0.910. The van der Waals surface area contributed by atoms with Gasteiger partial charge in [0, 0.05) is 19.0 Å². The van der Waals surface area contributed by atoms with Gasteiger partial charge in [0.05, 0.1) is 18.1 Å². The highest BCUT2D eigenvalue weighted by molar-refractivity contribution is 5.78. The molecule has 2 aromatic rings. The predicted octanol–water partition coefficient (Wildman–Crippen LogP) is 1.40. The first-order valence-corrected chi connectivity index (χ1v) is 4.33. The molecule has 0 saturated carbocycles. The van der Waals surface area contributed by atoms with Gasteiger partial charge in [-0.05, 0) is 13.0 Å². The highest BCUT2D eigenvalue weighted by Crippen LogP contribution is 2.14. The number of anilines is 1. The molecule has 0 saturated heterocycles. The molecule has 0 spiro atoms. The summed E-state index contributed by atoms with van der Waals surface area (Å²) in [6.07, 6.45) is 3.65. The number of hydrogen-bond acceptors (Lipinski definition) is 3. The molecule has 0 atom stereocenters. The first-order chi connectivity index (χ1) is 6.31. The van der Waals surface area contributed by atoms with Gasteiger partial charge < -0.3 is 5.32 Å². The molecule has 0 radical (unpaired) electrons. The molecule has 2 aromatic heterocycles. The first-order valence-electron chi connectivity index (χ1n) is 4.33. The average molecular weight is 176 g/mol. The van der Waals surface area contributed by atoms with Gasteiger partial charge in [0.25, 0.3) is 0 Å². The van der Waals surface area contributed by atoms with Gasteiger partial charge in [-0.3, -0.25) is 4.68 Å². The third kappa shape index (κ3) is 1.35. The Morgan fingerprint density at radius 1 is 1.46 bits per heavy atom. The molecule has 4 nitrogen and oxygen atoms in total. The standard InChI is InChI=1S/C9H12N4/c1-3-10-8-4-7-5-12-13(2)9(7)11-6-8/h4-6,10H,3H2,1-2H3. The van der Waals surface area contributed by atoms with E-state index in [0.29, 0.717) is 0 Å². The third-order valence-corrected chi connectivity index (χ3v) is 1.95. The van der Waals surface area contributed by atoms with E-state index in [0.717, 1.165) is 23.3 Å². The average Bonchev–Trinajstić information content (AvgIpc) is 2.48. The maximum absolute atomic E-state index is 4.30. The van der Waals surface area contributed by atoms with E-state index in [1.807, 2.05) is 19.4 Å². The molecule has 1 N–H and O–H groups in total. The highest BCUT2D eigenvalue weighted by atomic mass is 15.3. The maximum Gasteiger partial charge on any atom is 0.157 e. The molecule has 0 aliphatic heterocycles. The van der Waals surface area contributed by atoms with Crippen molar-refractivity contribution < 1.29 is 0 Å². The van der Waals surface area contributed by atoms with E-state index >= 15 is 0 Å². The van der Waals surface area contributed by atoms with Crippen LogP contribution >= 0.6 is 0 Å². The fourth-order valence-electron chi connectivity index (χ4n) is 1.34. The van der Waals surface area contributed by atoms with Crippen LogP contribution in [0.25, 0.3) is 11.0 Å². The summed E-state index contributed by atoms with van der Waals surface area (Å²) in [6, 6.07) is 2.05. The lowest BCUT2D eigenvalue weighted by Crippen LogP contribution is -1.97. The number of hydrogen-bond donors (Lipinski definition) is 1. The molecule has 0 fully saturated rings. The molecular weight excluding hydrogens is 164 g/mol. The van der Waals surface area contributed by atoms with E-state index in [2.05, 4.69) is 28.4 Å². The summed E-state index contributed by atoms with van der Waals surface area (Å²) in [6.45, 7) is 2.97. The molecule has 2 heterocycles. The van der Waals surface area contributed by atoms with Gasteiger partial charge in [-0.25, -0.2) is 4.98 Å². The third-order valence-electron chi connectivity index (χ3n) is 1.95. The Kier molecular flexibility index (Phi) is 1.88. The Morgan fingerprint density at radius 3 is 3.08 bits per heavy atom. The normalized spacial score (nSPS) is 10.6. The summed E-state index contributed by atoms with van der Waals surface area (Å²) in [5.41, 5.74) is 1.96. The van der Waals surface area contributed by atoms with Crippen molar-refractivity contribution in [2.75, 3.05) is 11.9 Å². The van der Waals surface area contributed by atoms with Gasteiger partial charge in [0.1, 0.15) is 0 Å². The number of aryl methyl sites for hydroxylation is 1. The molecule has 0 bridgehead atoms. The van der Waals surface area contributed by atoms with Crippen LogP contribution in [0.4, 0.5) is 5.69 Å². The van der Waals surface area contributed by atoms with Gasteiger partial charge in [-0.15, -0.1) is 0 Å². The topological polar surface area (TPSA) is 42.7 Å². The smallest absolute Gasteiger partial charge is 0.157 e. The van der Waals surface area contributed by atoms with Gasteiger partial charge in [-0.2, -0.15) is 5.10 Å². The summed E-state index contributed by atoms with van der Waals surface area (Å²) in [5.74, 6) is 0. The largest absolute Gasteiger partial charge is 0.384 e. The number of pyridine rings is 1. The van der Waals surface area contributed by atoms with Crippen molar-refractivity contribution >= 4 is 16.7 Å². The van der Waals surface area contributed by atoms with Crippen LogP contribution in [0.5, 0.6) is 0 Å². The quantitative estimate of drug-likeness (QED) is 0.752. The van der Waals surface area contributed by atoms with Crippen molar-refractivity contribution in [3.05, 3.63) is 18.5 Å². The second-order valence-corrected chi connectivity index (χ2v) is 2.94. The molecular formula is C9H12N4. The number of fused-ring (bicyclic) bond motifs is 1. The van der Waals surface area contributed by atoms with Crippen LogP contribution in [-0.2, 0) is 7.05 Å². The van der Waals surface area contributed by atoms with E-state index in [9.17, 15) is 0 Å². The molecule has 2 rings (SSSR count). The van der Waals surface area contributed by atoms with Gasteiger partial charge in [0.15, 0.2) is 5.65 Å². The van der Waals surface area contributed by atoms with Crippen LogP contribution in [-0.4, -0.2) is 21.3 Å².